The largest absolute Gasteiger partial charge is 0.466 e. The second kappa shape index (κ2) is 5.59. The molecule has 2 amide bonds. The Hall–Kier alpha value is -2.53. The number of hydrogen-bond acceptors (Lipinski definition) is 3. The molecule has 1 heterocycles. The normalized spacial score (nSPS) is 19.3. The van der Waals surface area contributed by atoms with Crippen LogP contribution in [0.5, 0.6) is 5.75 Å². The fourth-order valence-electron chi connectivity index (χ4n) is 2.29. The van der Waals surface area contributed by atoms with E-state index in [2.05, 4.69) is 10.6 Å². The number of para-hydroxylation sites is 2. The molecule has 0 fully saturated rings. The van der Waals surface area contributed by atoms with E-state index >= 15 is 0 Å². The van der Waals surface area contributed by atoms with Gasteiger partial charge in [0, 0.05) is 10.7 Å². The highest BCUT2D eigenvalue weighted by Gasteiger charge is 2.47. The Kier molecular flexibility index (Phi) is 3.74. The first-order valence-electron chi connectivity index (χ1n) is 7.07. The first-order chi connectivity index (χ1) is 10.9. The molecule has 1 aliphatic rings. The number of ether oxygens (including phenoxy) is 1. The number of amides is 2. The van der Waals surface area contributed by atoms with Gasteiger partial charge in [0.25, 0.3) is 17.4 Å². The molecule has 23 heavy (non-hydrogen) atoms. The predicted octanol–water partition coefficient (Wildman–Crippen LogP) is 3.38. The minimum atomic E-state index is -1.66. The van der Waals surface area contributed by atoms with Crippen molar-refractivity contribution in [2.24, 2.45) is 0 Å². The highest BCUT2D eigenvalue weighted by atomic mass is 35.5. The molecule has 118 valence electrons. The van der Waals surface area contributed by atoms with Crippen molar-refractivity contribution < 1.29 is 14.3 Å². The SMILES string of the molecule is Cc1ccc(Cl)cc1NC(=O)C1(C)Oc2ccccc2NC1=O. The van der Waals surface area contributed by atoms with Gasteiger partial charge in [0.05, 0.1) is 5.69 Å². The highest BCUT2D eigenvalue weighted by molar-refractivity contribution is 6.31. The molecule has 0 saturated heterocycles. The standard InChI is InChI=1S/C17H15ClN2O3/c1-10-7-8-11(18)9-13(10)20-16(22)17(2)15(21)19-12-5-3-4-6-14(12)23-17/h3-9H,1-2H3,(H,19,21)(H,20,22). The van der Waals surface area contributed by atoms with Crippen LogP contribution in [0.2, 0.25) is 5.02 Å². The van der Waals surface area contributed by atoms with E-state index in [4.69, 9.17) is 16.3 Å². The van der Waals surface area contributed by atoms with Gasteiger partial charge >= 0.3 is 0 Å². The zero-order chi connectivity index (χ0) is 16.6. The number of fused-ring (bicyclic) bond motifs is 1. The molecule has 1 aliphatic heterocycles. The number of nitrogens with one attached hydrogen (secondary N) is 2. The molecule has 1 unspecified atom stereocenters. The summed E-state index contributed by atoms with van der Waals surface area (Å²) in [6.45, 7) is 3.28. The third kappa shape index (κ3) is 2.75. The summed E-state index contributed by atoms with van der Waals surface area (Å²) < 4.78 is 5.68. The second-order valence-electron chi connectivity index (χ2n) is 5.50. The van der Waals surface area contributed by atoms with Gasteiger partial charge in [0.15, 0.2) is 0 Å². The molecule has 5 nitrogen and oxygen atoms in total. The number of anilines is 2. The number of hydrogen-bond donors (Lipinski definition) is 2. The average molecular weight is 331 g/mol. The molecule has 0 aromatic heterocycles. The highest BCUT2D eigenvalue weighted by Crippen LogP contribution is 2.34. The van der Waals surface area contributed by atoms with Gasteiger partial charge in [-0.1, -0.05) is 29.8 Å². The molecule has 2 N–H and O–H groups in total. The lowest BCUT2D eigenvalue weighted by atomic mass is 10.0. The number of benzene rings is 2. The first kappa shape index (κ1) is 15.4. The summed E-state index contributed by atoms with van der Waals surface area (Å²) in [7, 11) is 0. The number of carbonyl (C=O) groups excluding carboxylic acids is 2. The van der Waals surface area contributed by atoms with Crippen LogP contribution in [0.25, 0.3) is 0 Å². The van der Waals surface area contributed by atoms with Crippen molar-refractivity contribution in [1.29, 1.82) is 0 Å². The topological polar surface area (TPSA) is 67.4 Å². The number of rotatable bonds is 2. The number of halogens is 1. The zero-order valence-corrected chi connectivity index (χ0v) is 13.4. The van der Waals surface area contributed by atoms with E-state index in [1.165, 1.54) is 6.92 Å². The fraction of sp³-hybridized carbons (Fsp3) is 0.176. The van der Waals surface area contributed by atoms with Gasteiger partial charge in [0.1, 0.15) is 5.75 Å². The van der Waals surface area contributed by atoms with Crippen LogP contribution in [0.1, 0.15) is 12.5 Å². The van der Waals surface area contributed by atoms with Crippen LogP contribution < -0.4 is 15.4 Å². The maximum atomic E-state index is 12.6. The molecule has 0 aliphatic carbocycles. The summed E-state index contributed by atoms with van der Waals surface area (Å²) in [5.74, 6) is -0.629. The molecule has 0 spiro atoms. The summed E-state index contributed by atoms with van der Waals surface area (Å²) in [5.41, 5.74) is 0.256. The van der Waals surface area contributed by atoms with Crippen LogP contribution >= 0.6 is 11.6 Å². The van der Waals surface area contributed by atoms with E-state index < -0.39 is 17.4 Å². The van der Waals surface area contributed by atoms with Crippen LogP contribution in [-0.4, -0.2) is 17.4 Å². The molecule has 0 radical (unpaired) electrons. The zero-order valence-electron chi connectivity index (χ0n) is 12.6. The monoisotopic (exact) mass is 330 g/mol. The van der Waals surface area contributed by atoms with Crippen molar-refractivity contribution in [2.45, 2.75) is 19.4 Å². The van der Waals surface area contributed by atoms with E-state index in [0.29, 0.717) is 22.1 Å². The van der Waals surface area contributed by atoms with Crippen LogP contribution in [-0.2, 0) is 9.59 Å². The molecule has 0 saturated carbocycles. The molecule has 2 aromatic carbocycles. The van der Waals surface area contributed by atoms with Gasteiger partial charge in [-0.3, -0.25) is 9.59 Å². The molecule has 3 rings (SSSR count). The fourth-order valence-corrected chi connectivity index (χ4v) is 2.46. The smallest absolute Gasteiger partial charge is 0.278 e. The van der Waals surface area contributed by atoms with Gasteiger partial charge in [-0.05, 0) is 43.7 Å². The first-order valence-corrected chi connectivity index (χ1v) is 7.45. The Morgan fingerprint density at radius 1 is 1.26 bits per heavy atom. The lowest BCUT2D eigenvalue weighted by Gasteiger charge is -2.33. The van der Waals surface area contributed by atoms with E-state index in [1.807, 2.05) is 6.92 Å². The summed E-state index contributed by atoms with van der Waals surface area (Å²) in [4.78, 5) is 25.0. The van der Waals surface area contributed by atoms with Gasteiger partial charge < -0.3 is 15.4 Å². The van der Waals surface area contributed by atoms with Crippen molar-refractivity contribution in [2.75, 3.05) is 10.6 Å². The molecule has 0 bridgehead atoms. The Morgan fingerprint density at radius 3 is 2.78 bits per heavy atom. The summed E-state index contributed by atoms with van der Waals surface area (Å²) in [5, 5.41) is 5.90. The molecule has 6 heteroatoms. The van der Waals surface area contributed by atoms with Crippen molar-refractivity contribution in [1.82, 2.24) is 0 Å². The second-order valence-corrected chi connectivity index (χ2v) is 5.94. The van der Waals surface area contributed by atoms with E-state index in [-0.39, 0.29) is 0 Å². The van der Waals surface area contributed by atoms with Gasteiger partial charge in [-0.15, -0.1) is 0 Å². The van der Waals surface area contributed by atoms with E-state index in [0.717, 1.165) is 5.56 Å². The van der Waals surface area contributed by atoms with Crippen molar-refractivity contribution in [3.05, 3.63) is 53.1 Å². The van der Waals surface area contributed by atoms with Gasteiger partial charge in [0.2, 0.25) is 0 Å². The Balaban J connectivity index is 1.89. The predicted molar refractivity (Wildman–Crippen MR) is 88.9 cm³/mol. The van der Waals surface area contributed by atoms with E-state index in [1.54, 1.807) is 42.5 Å². The number of aryl methyl sites for hydroxylation is 1. The maximum absolute atomic E-state index is 12.6. The molecule has 2 aromatic rings. The summed E-state index contributed by atoms with van der Waals surface area (Å²) >= 11 is 5.95. The Morgan fingerprint density at radius 2 is 2.00 bits per heavy atom. The van der Waals surface area contributed by atoms with Crippen LogP contribution in [0.15, 0.2) is 42.5 Å². The van der Waals surface area contributed by atoms with Gasteiger partial charge in [-0.25, -0.2) is 0 Å². The minimum absolute atomic E-state index is 0.451. The minimum Gasteiger partial charge on any atom is -0.466 e. The maximum Gasteiger partial charge on any atom is 0.278 e. The van der Waals surface area contributed by atoms with Crippen molar-refractivity contribution in [3.8, 4) is 5.75 Å². The van der Waals surface area contributed by atoms with Crippen molar-refractivity contribution in [3.63, 3.8) is 0 Å². The molecular formula is C17H15ClN2O3. The third-order valence-corrected chi connectivity index (χ3v) is 4.00. The Labute approximate surface area is 138 Å². The average Bonchev–Trinajstić information content (AvgIpc) is 2.52. The van der Waals surface area contributed by atoms with Crippen LogP contribution in [0.4, 0.5) is 11.4 Å². The number of carbonyl (C=O) groups is 2. The third-order valence-electron chi connectivity index (χ3n) is 3.76. The summed E-state index contributed by atoms with van der Waals surface area (Å²) in [6, 6.07) is 12.1. The lowest BCUT2D eigenvalue weighted by Crippen LogP contribution is -2.56. The van der Waals surface area contributed by atoms with Crippen LogP contribution in [0, 0.1) is 6.92 Å². The molecular weight excluding hydrogens is 316 g/mol. The molecule has 1 atom stereocenters. The van der Waals surface area contributed by atoms with Crippen LogP contribution in [0.3, 0.4) is 0 Å². The van der Waals surface area contributed by atoms with Gasteiger partial charge in [-0.2, -0.15) is 0 Å². The van der Waals surface area contributed by atoms with Crippen molar-refractivity contribution >= 4 is 34.8 Å². The summed E-state index contributed by atoms with van der Waals surface area (Å²) in [6.07, 6.45) is 0. The lowest BCUT2D eigenvalue weighted by molar-refractivity contribution is -0.143. The van der Waals surface area contributed by atoms with E-state index in [9.17, 15) is 9.59 Å². The quantitative estimate of drug-likeness (QED) is 0.829. The Bertz CT molecular complexity index is 806.